The summed E-state index contributed by atoms with van der Waals surface area (Å²) in [5.74, 6) is -0.852. The van der Waals surface area contributed by atoms with Gasteiger partial charge in [0.25, 0.3) is 0 Å². The molecule has 0 unspecified atom stereocenters. The number of rotatable bonds is 8. The molecule has 0 radical (unpaired) electrons. The highest BCUT2D eigenvalue weighted by molar-refractivity contribution is 6.01. The number of ether oxygens (including phenoxy) is 1. The number of nitrogens with zero attached hydrogens (tertiary/aromatic N) is 1. The Hall–Kier alpha value is -2.73. The summed E-state index contributed by atoms with van der Waals surface area (Å²) in [6.07, 6.45) is 5.35. The molecule has 1 aliphatic carbocycles. The van der Waals surface area contributed by atoms with Crippen molar-refractivity contribution < 1.29 is 18.7 Å². The molecule has 31 heavy (non-hydrogen) atoms. The second-order valence-electron chi connectivity index (χ2n) is 8.14. The Labute approximate surface area is 183 Å². The fourth-order valence-corrected chi connectivity index (χ4v) is 4.11. The summed E-state index contributed by atoms with van der Waals surface area (Å²) >= 11 is 0. The third-order valence-corrected chi connectivity index (χ3v) is 5.71. The minimum atomic E-state index is -0.895. The van der Waals surface area contributed by atoms with Gasteiger partial charge in [-0.2, -0.15) is 0 Å². The number of carbonyl (C=O) groups excluding carboxylic acids is 2. The third-order valence-electron chi connectivity index (χ3n) is 5.71. The molecule has 1 fully saturated rings. The normalized spacial score (nSPS) is 15.3. The Kier molecular flexibility index (Phi) is 8.18. The van der Waals surface area contributed by atoms with Gasteiger partial charge in [-0.3, -0.25) is 14.5 Å². The number of amides is 2. The lowest BCUT2D eigenvalue weighted by atomic mass is 9.94. The summed E-state index contributed by atoms with van der Waals surface area (Å²) in [5, 5.41) is 3.15. The molecule has 3 rings (SSSR count). The van der Waals surface area contributed by atoms with Crippen LogP contribution in [-0.2, 0) is 14.3 Å². The van der Waals surface area contributed by atoms with Crippen LogP contribution in [0.3, 0.4) is 0 Å². The molecule has 0 spiro atoms. The van der Waals surface area contributed by atoms with Crippen LogP contribution in [-0.4, -0.2) is 31.6 Å². The van der Waals surface area contributed by atoms with Crippen molar-refractivity contribution in [2.75, 3.05) is 18.6 Å². The van der Waals surface area contributed by atoms with Crippen molar-refractivity contribution in [3.05, 3.63) is 65.5 Å². The minimum Gasteiger partial charge on any atom is -0.384 e. The summed E-state index contributed by atoms with van der Waals surface area (Å²) in [6, 6.07) is 12.5. The van der Waals surface area contributed by atoms with Crippen LogP contribution in [0.25, 0.3) is 0 Å². The molecule has 1 aliphatic rings. The summed E-state index contributed by atoms with van der Waals surface area (Å²) in [5.41, 5.74) is 2.18. The molecular formula is C25H31FN2O3. The molecule has 5 nitrogen and oxygen atoms in total. The molecule has 1 N–H and O–H groups in total. The molecule has 0 aliphatic heterocycles. The second kappa shape index (κ2) is 11.0. The van der Waals surface area contributed by atoms with Crippen LogP contribution >= 0.6 is 0 Å². The summed E-state index contributed by atoms with van der Waals surface area (Å²) in [4.78, 5) is 28.4. The zero-order valence-corrected chi connectivity index (χ0v) is 18.3. The van der Waals surface area contributed by atoms with Crippen molar-refractivity contribution in [1.29, 1.82) is 0 Å². The number of benzene rings is 2. The average molecular weight is 427 g/mol. The lowest BCUT2D eigenvalue weighted by molar-refractivity contribution is -0.127. The van der Waals surface area contributed by atoms with E-state index in [2.05, 4.69) is 5.32 Å². The predicted molar refractivity (Wildman–Crippen MR) is 119 cm³/mol. The van der Waals surface area contributed by atoms with Crippen LogP contribution in [0.5, 0.6) is 0 Å². The molecule has 6 heteroatoms. The van der Waals surface area contributed by atoms with E-state index in [-0.39, 0.29) is 36.7 Å². The first kappa shape index (κ1) is 22.9. The van der Waals surface area contributed by atoms with Gasteiger partial charge in [-0.1, -0.05) is 43.5 Å². The maximum Gasteiger partial charge on any atom is 0.248 e. The first-order valence-electron chi connectivity index (χ1n) is 10.9. The Morgan fingerprint density at radius 1 is 1.13 bits per heavy atom. The van der Waals surface area contributed by atoms with E-state index in [4.69, 9.17) is 4.74 Å². The Balaban J connectivity index is 2.01. The lowest BCUT2D eigenvalue weighted by Gasteiger charge is -2.33. The number of nitrogens with one attached hydrogen (secondary N) is 1. The number of methoxy groups -OCH3 is 1. The fraction of sp³-hybridized carbons (Fsp3) is 0.440. The average Bonchev–Trinajstić information content (AvgIpc) is 2.77. The molecule has 0 aromatic heterocycles. The fourth-order valence-electron chi connectivity index (χ4n) is 4.11. The Bertz CT molecular complexity index is 879. The van der Waals surface area contributed by atoms with E-state index in [1.165, 1.54) is 30.6 Å². The first-order chi connectivity index (χ1) is 15.0. The van der Waals surface area contributed by atoms with Gasteiger partial charge in [-0.15, -0.1) is 0 Å². The van der Waals surface area contributed by atoms with Crippen molar-refractivity contribution >= 4 is 17.5 Å². The number of aryl methyl sites for hydroxylation is 1. The highest BCUT2D eigenvalue weighted by Crippen LogP contribution is 2.30. The smallest absolute Gasteiger partial charge is 0.248 e. The number of anilines is 1. The van der Waals surface area contributed by atoms with Gasteiger partial charge >= 0.3 is 0 Å². The van der Waals surface area contributed by atoms with Gasteiger partial charge in [0.15, 0.2) is 0 Å². The number of halogens is 1. The molecule has 1 saturated carbocycles. The highest BCUT2D eigenvalue weighted by Gasteiger charge is 2.34. The molecule has 2 amide bonds. The van der Waals surface area contributed by atoms with E-state index in [1.54, 1.807) is 12.1 Å². The summed E-state index contributed by atoms with van der Waals surface area (Å²) in [7, 11) is 1.54. The van der Waals surface area contributed by atoms with Crippen LogP contribution in [0.15, 0.2) is 48.5 Å². The van der Waals surface area contributed by atoms with Gasteiger partial charge in [0, 0.05) is 18.8 Å². The number of hydrogen-bond acceptors (Lipinski definition) is 3. The lowest BCUT2D eigenvalue weighted by Crippen LogP contribution is -2.47. The molecule has 1 atom stereocenters. The van der Waals surface area contributed by atoms with E-state index < -0.39 is 6.04 Å². The van der Waals surface area contributed by atoms with Gasteiger partial charge in [-0.05, 0) is 55.2 Å². The van der Waals surface area contributed by atoms with Crippen LogP contribution in [0.1, 0.15) is 55.7 Å². The molecule has 0 saturated heterocycles. The van der Waals surface area contributed by atoms with E-state index >= 15 is 0 Å². The minimum absolute atomic E-state index is 0.0950. The Morgan fingerprint density at radius 2 is 1.84 bits per heavy atom. The standard InChI is InChI=1S/C25H31FN2O3/c1-18-7-6-10-22(17-18)28(23(29)15-16-31-2)24(19-11-13-20(26)14-12-19)25(30)27-21-8-4-3-5-9-21/h6-7,10-14,17,21,24H,3-5,8-9,15-16H2,1-2H3,(H,27,30)/t24-/m1/s1. The predicted octanol–water partition coefficient (Wildman–Crippen LogP) is 4.69. The molecule has 0 bridgehead atoms. The van der Waals surface area contributed by atoms with Gasteiger partial charge in [-0.25, -0.2) is 4.39 Å². The van der Waals surface area contributed by atoms with E-state index in [1.807, 2.05) is 31.2 Å². The molecule has 2 aromatic carbocycles. The zero-order chi connectivity index (χ0) is 22.2. The molecule has 166 valence electrons. The van der Waals surface area contributed by atoms with Gasteiger partial charge in [0.2, 0.25) is 11.8 Å². The van der Waals surface area contributed by atoms with Crippen molar-refractivity contribution in [3.63, 3.8) is 0 Å². The largest absolute Gasteiger partial charge is 0.384 e. The third kappa shape index (κ3) is 6.14. The van der Waals surface area contributed by atoms with Crippen molar-refractivity contribution in [3.8, 4) is 0 Å². The maximum absolute atomic E-state index is 13.6. The van der Waals surface area contributed by atoms with Crippen LogP contribution in [0.2, 0.25) is 0 Å². The van der Waals surface area contributed by atoms with E-state index in [0.29, 0.717) is 11.3 Å². The summed E-state index contributed by atoms with van der Waals surface area (Å²) < 4.78 is 18.7. The maximum atomic E-state index is 13.6. The van der Waals surface area contributed by atoms with Gasteiger partial charge in [0.1, 0.15) is 11.9 Å². The highest BCUT2D eigenvalue weighted by atomic mass is 19.1. The van der Waals surface area contributed by atoms with E-state index in [0.717, 1.165) is 31.2 Å². The number of carbonyl (C=O) groups is 2. The van der Waals surface area contributed by atoms with Gasteiger partial charge in [0.05, 0.1) is 13.0 Å². The van der Waals surface area contributed by atoms with Crippen LogP contribution in [0.4, 0.5) is 10.1 Å². The van der Waals surface area contributed by atoms with E-state index in [9.17, 15) is 14.0 Å². The molecule has 2 aromatic rings. The SMILES string of the molecule is COCCC(=O)N(c1cccc(C)c1)[C@@H](C(=O)NC1CCCCC1)c1ccc(F)cc1. The molecule has 0 heterocycles. The molecular weight excluding hydrogens is 395 g/mol. The van der Waals surface area contributed by atoms with Crippen molar-refractivity contribution in [2.24, 2.45) is 0 Å². The van der Waals surface area contributed by atoms with Crippen LogP contribution < -0.4 is 10.2 Å². The zero-order valence-electron chi connectivity index (χ0n) is 18.3. The Morgan fingerprint density at radius 3 is 2.48 bits per heavy atom. The summed E-state index contributed by atoms with van der Waals surface area (Å²) in [6.45, 7) is 2.19. The number of hydrogen-bond donors (Lipinski definition) is 1. The van der Waals surface area contributed by atoms with Crippen LogP contribution in [0, 0.1) is 12.7 Å². The quantitative estimate of drug-likeness (QED) is 0.666. The first-order valence-corrected chi connectivity index (χ1v) is 10.9. The topological polar surface area (TPSA) is 58.6 Å². The van der Waals surface area contributed by atoms with Gasteiger partial charge < -0.3 is 10.1 Å². The monoisotopic (exact) mass is 426 g/mol. The van der Waals surface area contributed by atoms with Crippen molar-refractivity contribution in [1.82, 2.24) is 5.32 Å². The van der Waals surface area contributed by atoms with Crippen molar-refractivity contribution in [2.45, 2.75) is 57.5 Å². The second-order valence-corrected chi connectivity index (χ2v) is 8.14.